The molecule has 1 atom stereocenters. The van der Waals surface area contributed by atoms with Crippen molar-refractivity contribution in [1.29, 1.82) is 0 Å². The molecule has 3 fully saturated rings. The lowest BCUT2D eigenvalue weighted by Gasteiger charge is -2.29. The Kier molecular flexibility index (Phi) is 4.36. The minimum atomic E-state index is -0.335. The van der Waals surface area contributed by atoms with Crippen LogP contribution in [-0.4, -0.2) is 42.4 Å². The van der Waals surface area contributed by atoms with E-state index in [0.29, 0.717) is 24.0 Å². The lowest BCUT2D eigenvalue weighted by atomic mass is 10.1. The van der Waals surface area contributed by atoms with Gasteiger partial charge in [0, 0.05) is 37.8 Å². The summed E-state index contributed by atoms with van der Waals surface area (Å²) in [5, 5.41) is 2.78. The Morgan fingerprint density at radius 2 is 1.92 bits per heavy atom. The van der Waals surface area contributed by atoms with Crippen LogP contribution in [0.2, 0.25) is 0 Å². The van der Waals surface area contributed by atoms with E-state index in [2.05, 4.69) is 10.2 Å². The highest BCUT2D eigenvalue weighted by Crippen LogP contribution is 2.33. The average molecular weight is 345 g/mol. The third kappa shape index (κ3) is 3.48. The van der Waals surface area contributed by atoms with Gasteiger partial charge in [-0.1, -0.05) is 0 Å². The first-order chi connectivity index (χ1) is 12.1. The molecule has 2 saturated heterocycles. The lowest BCUT2D eigenvalue weighted by Crippen LogP contribution is -2.30. The number of nitrogens with one attached hydrogen (secondary N) is 1. The molecule has 1 aliphatic carbocycles. The van der Waals surface area contributed by atoms with Crippen LogP contribution in [0.4, 0.5) is 15.8 Å². The standard InChI is InChI=1S/C19H24FN3O2/c20-16-11-14(4-7-17(16)22-8-2-1-3-9-22)21-19(25)13-10-18(24)23(12-13)15-5-6-15/h4,7,11,13,15H,1-3,5-6,8-10,12H2,(H,21,25)/t13-/m0/s1. The molecule has 2 aliphatic heterocycles. The molecule has 1 saturated carbocycles. The largest absolute Gasteiger partial charge is 0.369 e. The van der Waals surface area contributed by atoms with Crippen molar-refractivity contribution in [2.75, 3.05) is 29.9 Å². The van der Waals surface area contributed by atoms with Gasteiger partial charge in [-0.05, 0) is 50.3 Å². The summed E-state index contributed by atoms with van der Waals surface area (Å²) < 4.78 is 14.4. The van der Waals surface area contributed by atoms with Crippen molar-refractivity contribution in [3.63, 3.8) is 0 Å². The monoisotopic (exact) mass is 345 g/mol. The summed E-state index contributed by atoms with van der Waals surface area (Å²) in [6, 6.07) is 5.22. The van der Waals surface area contributed by atoms with Gasteiger partial charge in [0.25, 0.3) is 0 Å². The number of amides is 2. The van der Waals surface area contributed by atoms with E-state index in [4.69, 9.17) is 0 Å². The van der Waals surface area contributed by atoms with Crippen LogP contribution < -0.4 is 10.2 Å². The van der Waals surface area contributed by atoms with Gasteiger partial charge in [0.15, 0.2) is 0 Å². The van der Waals surface area contributed by atoms with E-state index in [1.807, 2.05) is 4.90 Å². The summed E-state index contributed by atoms with van der Waals surface area (Å²) in [7, 11) is 0. The van der Waals surface area contributed by atoms with Crippen molar-refractivity contribution in [1.82, 2.24) is 4.90 Å². The van der Waals surface area contributed by atoms with E-state index in [-0.39, 0.29) is 30.0 Å². The van der Waals surface area contributed by atoms with Crippen LogP contribution in [0, 0.1) is 11.7 Å². The number of nitrogens with zero attached hydrogens (tertiary/aromatic N) is 2. The van der Waals surface area contributed by atoms with Crippen molar-refractivity contribution in [3.05, 3.63) is 24.0 Å². The van der Waals surface area contributed by atoms with Crippen LogP contribution >= 0.6 is 0 Å². The fraction of sp³-hybridized carbons (Fsp3) is 0.579. The van der Waals surface area contributed by atoms with Crippen molar-refractivity contribution < 1.29 is 14.0 Å². The Morgan fingerprint density at radius 1 is 1.16 bits per heavy atom. The topological polar surface area (TPSA) is 52.7 Å². The molecule has 4 rings (SSSR count). The second kappa shape index (κ2) is 6.65. The summed E-state index contributed by atoms with van der Waals surface area (Å²) in [6.45, 7) is 2.25. The molecule has 0 aromatic heterocycles. The number of anilines is 2. The molecule has 0 radical (unpaired) electrons. The molecular weight excluding hydrogens is 321 g/mol. The van der Waals surface area contributed by atoms with Crippen LogP contribution in [-0.2, 0) is 9.59 Å². The van der Waals surface area contributed by atoms with E-state index in [0.717, 1.165) is 38.8 Å². The summed E-state index contributed by atoms with van der Waals surface area (Å²) >= 11 is 0. The molecule has 1 N–H and O–H groups in total. The van der Waals surface area contributed by atoms with Gasteiger partial charge in [-0.25, -0.2) is 4.39 Å². The number of piperidine rings is 1. The van der Waals surface area contributed by atoms with Crippen LogP contribution in [0.3, 0.4) is 0 Å². The molecule has 25 heavy (non-hydrogen) atoms. The molecule has 5 nitrogen and oxygen atoms in total. The zero-order chi connectivity index (χ0) is 17.4. The van der Waals surface area contributed by atoms with Gasteiger partial charge in [-0.3, -0.25) is 9.59 Å². The Bertz CT molecular complexity index is 683. The van der Waals surface area contributed by atoms with Gasteiger partial charge in [0.1, 0.15) is 5.82 Å². The lowest BCUT2D eigenvalue weighted by molar-refractivity contribution is -0.128. The number of carbonyl (C=O) groups is 2. The minimum Gasteiger partial charge on any atom is -0.369 e. The summed E-state index contributed by atoms with van der Waals surface area (Å²) in [4.78, 5) is 28.3. The second-order valence-corrected chi connectivity index (χ2v) is 7.38. The maximum absolute atomic E-state index is 14.4. The maximum Gasteiger partial charge on any atom is 0.229 e. The van der Waals surface area contributed by atoms with Crippen LogP contribution in [0.25, 0.3) is 0 Å². The molecular formula is C19H24FN3O2. The molecule has 134 valence electrons. The van der Waals surface area contributed by atoms with E-state index in [9.17, 15) is 14.0 Å². The Labute approximate surface area is 147 Å². The van der Waals surface area contributed by atoms with Crippen LogP contribution in [0.15, 0.2) is 18.2 Å². The maximum atomic E-state index is 14.4. The molecule has 2 amide bonds. The molecule has 6 heteroatoms. The van der Waals surface area contributed by atoms with Gasteiger partial charge < -0.3 is 15.1 Å². The van der Waals surface area contributed by atoms with Gasteiger partial charge in [0.2, 0.25) is 11.8 Å². The number of hydrogen-bond acceptors (Lipinski definition) is 3. The van der Waals surface area contributed by atoms with E-state index in [1.54, 1.807) is 12.1 Å². The van der Waals surface area contributed by atoms with E-state index < -0.39 is 0 Å². The Hall–Kier alpha value is -2.11. The van der Waals surface area contributed by atoms with Crippen molar-refractivity contribution in [2.24, 2.45) is 5.92 Å². The third-order valence-corrected chi connectivity index (χ3v) is 5.43. The number of carbonyl (C=O) groups excluding carboxylic acids is 2. The summed E-state index contributed by atoms with van der Waals surface area (Å²) in [5.41, 5.74) is 1.06. The SMILES string of the molecule is O=C(Nc1ccc(N2CCCCC2)c(F)c1)[C@H]1CC(=O)N(C2CC2)C1. The summed E-state index contributed by atoms with van der Waals surface area (Å²) in [6.07, 6.45) is 5.73. The van der Waals surface area contributed by atoms with Crippen molar-refractivity contribution in [2.45, 2.75) is 44.6 Å². The number of halogens is 1. The highest BCUT2D eigenvalue weighted by molar-refractivity contribution is 5.97. The normalized spacial score (nSPS) is 23.9. The Balaban J connectivity index is 1.39. The van der Waals surface area contributed by atoms with E-state index in [1.165, 1.54) is 12.5 Å². The zero-order valence-corrected chi connectivity index (χ0v) is 14.3. The Morgan fingerprint density at radius 3 is 2.60 bits per heavy atom. The van der Waals surface area contributed by atoms with E-state index >= 15 is 0 Å². The first-order valence-electron chi connectivity index (χ1n) is 9.26. The molecule has 0 unspecified atom stereocenters. The number of hydrogen-bond donors (Lipinski definition) is 1. The van der Waals surface area contributed by atoms with Crippen molar-refractivity contribution >= 4 is 23.2 Å². The quantitative estimate of drug-likeness (QED) is 0.913. The molecule has 0 spiro atoms. The smallest absolute Gasteiger partial charge is 0.229 e. The highest BCUT2D eigenvalue weighted by Gasteiger charge is 2.41. The van der Waals surface area contributed by atoms with Gasteiger partial charge in [-0.2, -0.15) is 0 Å². The molecule has 0 bridgehead atoms. The van der Waals surface area contributed by atoms with Gasteiger partial charge in [0.05, 0.1) is 11.6 Å². The minimum absolute atomic E-state index is 0.0641. The molecule has 1 aromatic carbocycles. The van der Waals surface area contributed by atoms with Gasteiger partial charge in [-0.15, -0.1) is 0 Å². The molecule has 1 aromatic rings. The fourth-order valence-electron chi connectivity index (χ4n) is 3.87. The third-order valence-electron chi connectivity index (χ3n) is 5.43. The number of rotatable bonds is 4. The second-order valence-electron chi connectivity index (χ2n) is 7.38. The number of likely N-dealkylation sites (tertiary alicyclic amines) is 1. The predicted molar refractivity (Wildman–Crippen MR) is 93.9 cm³/mol. The predicted octanol–water partition coefficient (Wildman–Crippen LogP) is 2.77. The average Bonchev–Trinajstić information content (AvgIpc) is 3.37. The molecule has 2 heterocycles. The highest BCUT2D eigenvalue weighted by atomic mass is 19.1. The van der Waals surface area contributed by atoms with Crippen LogP contribution in [0.1, 0.15) is 38.5 Å². The van der Waals surface area contributed by atoms with Gasteiger partial charge >= 0.3 is 0 Å². The summed E-state index contributed by atoms with van der Waals surface area (Å²) in [5.74, 6) is -0.768. The first kappa shape index (κ1) is 16.4. The first-order valence-corrected chi connectivity index (χ1v) is 9.26. The zero-order valence-electron chi connectivity index (χ0n) is 14.3. The number of benzene rings is 1. The fourth-order valence-corrected chi connectivity index (χ4v) is 3.87. The van der Waals surface area contributed by atoms with Crippen LogP contribution in [0.5, 0.6) is 0 Å². The molecule has 3 aliphatic rings. The van der Waals surface area contributed by atoms with Crippen molar-refractivity contribution in [3.8, 4) is 0 Å².